The summed E-state index contributed by atoms with van der Waals surface area (Å²) in [5, 5.41) is 33.2. The van der Waals surface area contributed by atoms with Crippen molar-refractivity contribution in [2.45, 2.75) is 85.4 Å². The molecular formula is C30H43NO5. The molecule has 1 saturated heterocycles. The van der Waals surface area contributed by atoms with Crippen LogP contribution in [0.25, 0.3) is 0 Å². The van der Waals surface area contributed by atoms with Gasteiger partial charge < -0.3 is 20.6 Å². The third kappa shape index (κ3) is 10.3. The van der Waals surface area contributed by atoms with Crippen LogP contribution in [0.4, 0.5) is 0 Å². The minimum atomic E-state index is -0.645. The van der Waals surface area contributed by atoms with Gasteiger partial charge in [0.2, 0.25) is 5.78 Å². The second-order valence-corrected chi connectivity index (χ2v) is 9.38. The van der Waals surface area contributed by atoms with Crippen molar-refractivity contribution in [1.82, 2.24) is 5.32 Å². The molecule has 1 unspecified atom stereocenters. The van der Waals surface area contributed by atoms with Gasteiger partial charge in [-0.15, -0.1) is 0 Å². The zero-order valence-electron chi connectivity index (χ0n) is 22.4. The first-order valence-electron chi connectivity index (χ1n) is 12.7. The maximum absolute atomic E-state index is 11.9. The molecule has 0 saturated carbocycles. The highest BCUT2D eigenvalue weighted by Gasteiger charge is 2.33. The number of hydrogen-bond donors (Lipinski definition) is 4. The largest absolute Gasteiger partial charge is 0.507 e. The number of aliphatic hydroxyl groups excluding tert-OH is 3. The molecule has 1 aliphatic rings. The van der Waals surface area contributed by atoms with Gasteiger partial charge in [0.15, 0.2) is 0 Å². The predicted molar refractivity (Wildman–Crippen MR) is 146 cm³/mol. The number of Topliss-reactive ketones (excluding diaryl/α,β-unsaturated/α-hetero) is 1. The molecule has 0 spiro atoms. The van der Waals surface area contributed by atoms with Gasteiger partial charge in [0.1, 0.15) is 11.3 Å². The molecule has 6 nitrogen and oxygen atoms in total. The zero-order valence-corrected chi connectivity index (χ0v) is 22.4. The van der Waals surface area contributed by atoms with Crippen LogP contribution in [0.3, 0.4) is 0 Å². The molecule has 6 heteroatoms. The van der Waals surface area contributed by atoms with Gasteiger partial charge in [-0.3, -0.25) is 9.59 Å². The van der Waals surface area contributed by atoms with Crippen LogP contribution in [0.1, 0.15) is 73.1 Å². The third-order valence-electron chi connectivity index (χ3n) is 6.30. The van der Waals surface area contributed by atoms with Gasteiger partial charge >= 0.3 is 0 Å². The lowest BCUT2D eigenvalue weighted by molar-refractivity contribution is -0.117. The molecule has 1 heterocycles. The highest BCUT2D eigenvalue weighted by atomic mass is 16.3. The van der Waals surface area contributed by atoms with Crippen molar-refractivity contribution in [1.29, 1.82) is 0 Å². The Hall–Kier alpha value is -2.96. The highest BCUT2D eigenvalue weighted by molar-refractivity contribution is 6.32. The molecule has 1 aliphatic heterocycles. The van der Waals surface area contributed by atoms with E-state index in [0.717, 1.165) is 12.8 Å². The van der Waals surface area contributed by atoms with Crippen LogP contribution in [0.2, 0.25) is 0 Å². The molecule has 36 heavy (non-hydrogen) atoms. The first kappa shape index (κ1) is 31.1. The summed E-state index contributed by atoms with van der Waals surface area (Å²) in [6.07, 6.45) is 16.3. The Morgan fingerprint density at radius 2 is 1.83 bits per heavy atom. The van der Waals surface area contributed by atoms with Gasteiger partial charge in [0.05, 0.1) is 17.9 Å². The lowest BCUT2D eigenvalue weighted by atomic mass is 9.89. The van der Waals surface area contributed by atoms with E-state index in [-0.39, 0.29) is 22.9 Å². The number of aliphatic hydroxyl groups is 3. The molecular weight excluding hydrogens is 454 g/mol. The fraction of sp³-hybridized carbons (Fsp3) is 0.467. The average Bonchev–Trinajstić information content (AvgIpc) is 3.09. The van der Waals surface area contributed by atoms with E-state index in [0.29, 0.717) is 31.3 Å². The second kappa shape index (κ2) is 15.9. The van der Waals surface area contributed by atoms with Gasteiger partial charge in [-0.25, -0.2) is 0 Å². The van der Waals surface area contributed by atoms with Crippen molar-refractivity contribution < 1.29 is 24.9 Å². The van der Waals surface area contributed by atoms with E-state index in [4.69, 9.17) is 0 Å². The minimum Gasteiger partial charge on any atom is -0.507 e. The molecule has 0 aromatic heterocycles. The Bertz CT molecular complexity index is 977. The summed E-state index contributed by atoms with van der Waals surface area (Å²) in [4.78, 5) is 23.7. The van der Waals surface area contributed by atoms with E-state index < -0.39 is 23.9 Å². The van der Waals surface area contributed by atoms with Crippen LogP contribution >= 0.6 is 0 Å². The Kier molecular flexibility index (Phi) is 13.7. The number of hydrogen-bond acceptors (Lipinski definition) is 5. The number of carbonyl (C=O) groups excluding carboxylic acids is 2. The highest BCUT2D eigenvalue weighted by Crippen LogP contribution is 2.23. The SMILES string of the molecule is C=C1NC(=O)/C(=C(O)\C(C)=C/CCC[C@H](O)/C=C/C=C/C[C@@H](O)C(CC)C/C(C)=C/C(C)=C/C)C1=O. The van der Waals surface area contributed by atoms with Crippen molar-refractivity contribution in [3.63, 3.8) is 0 Å². The van der Waals surface area contributed by atoms with E-state index in [1.807, 2.05) is 19.1 Å². The van der Waals surface area contributed by atoms with E-state index in [1.54, 1.807) is 25.2 Å². The standard InChI is InChI=1S/C30H43NO5/c1-7-20(3)18-21(4)19-24(8-2)26(33)17-11-9-10-15-25(32)16-13-12-14-22(5)28(34)27-29(35)23(6)31-30(27)36/h7,9-11,14-15,18,24-26,32-34H,6,8,12-13,16-17,19H2,1-5H3,(H,31,36)/b11-9+,15-10+,20-7+,21-18+,22-14-,28-27+/t24?,25-,26-/m1/s1. The van der Waals surface area contributed by atoms with Crippen LogP contribution < -0.4 is 5.32 Å². The van der Waals surface area contributed by atoms with Crippen molar-refractivity contribution in [3.05, 3.63) is 82.9 Å². The monoisotopic (exact) mass is 497 g/mol. The van der Waals surface area contributed by atoms with Crippen LogP contribution in [0, 0.1) is 5.92 Å². The van der Waals surface area contributed by atoms with Gasteiger partial charge in [-0.05, 0) is 71.3 Å². The number of carbonyl (C=O) groups is 2. The first-order valence-corrected chi connectivity index (χ1v) is 12.7. The van der Waals surface area contributed by atoms with Crippen LogP contribution in [-0.2, 0) is 9.59 Å². The molecule has 3 atom stereocenters. The van der Waals surface area contributed by atoms with Gasteiger partial charge in [-0.1, -0.05) is 73.6 Å². The average molecular weight is 498 g/mol. The molecule has 1 rings (SSSR count). The van der Waals surface area contributed by atoms with E-state index in [1.165, 1.54) is 11.1 Å². The molecule has 0 bridgehead atoms. The van der Waals surface area contributed by atoms with E-state index in [9.17, 15) is 24.9 Å². The summed E-state index contributed by atoms with van der Waals surface area (Å²) >= 11 is 0. The quantitative estimate of drug-likeness (QED) is 0.0812. The number of rotatable bonds is 14. The number of ketones is 1. The molecule has 0 aromatic carbocycles. The number of unbranched alkanes of at least 4 members (excludes halogenated alkanes) is 1. The molecule has 1 fully saturated rings. The number of amides is 1. The summed E-state index contributed by atoms with van der Waals surface area (Å²) in [6.45, 7) is 13.4. The summed E-state index contributed by atoms with van der Waals surface area (Å²) in [5.41, 5.74) is 2.60. The molecule has 198 valence electrons. The molecule has 0 aromatic rings. The molecule has 4 N–H and O–H groups in total. The Morgan fingerprint density at radius 3 is 2.42 bits per heavy atom. The van der Waals surface area contributed by atoms with Gasteiger partial charge in [0.25, 0.3) is 5.91 Å². The van der Waals surface area contributed by atoms with Gasteiger partial charge in [0, 0.05) is 0 Å². The fourth-order valence-corrected chi connectivity index (χ4v) is 3.94. The predicted octanol–water partition coefficient (Wildman–Crippen LogP) is 5.68. The zero-order chi connectivity index (χ0) is 27.3. The van der Waals surface area contributed by atoms with Crippen molar-refractivity contribution >= 4 is 11.7 Å². The third-order valence-corrected chi connectivity index (χ3v) is 6.30. The van der Waals surface area contributed by atoms with Crippen molar-refractivity contribution in [3.8, 4) is 0 Å². The smallest absolute Gasteiger partial charge is 0.263 e. The molecule has 0 radical (unpaired) electrons. The normalized spacial score (nSPS) is 19.9. The maximum Gasteiger partial charge on any atom is 0.263 e. The summed E-state index contributed by atoms with van der Waals surface area (Å²) < 4.78 is 0. The Morgan fingerprint density at radius 1 is 1.14 bits per heavy atom. The maximum atomic E-state index is 11.9. The first-order chi connectivity index (χ1) is 17.0. The van der Waals surface area contributed by atoms with Crippen LogP contribution in [-0.4, -0.2) is 39.2 Å². The van der Waals surface area contributed by atoms with Crippen molar-refractivity contribution in [2.24, 2.45) is 5.92 Å². The number of allylic oxidation sites excluding steroid dienone is 9. The van der Waals surface area contributed by atoms with Gasteiger partial charge in [-0.2, -0.15) is 0 Å². The lowest BCUT2D eigenvalue weighted by Gasteiger charge is -2.21. The summed E-state index contributed by atoms with van der Waals surface area (Å²) in [6, 6.07) is 0. The van der Waals surface area contributed by atoms with Crippen molar-refractivity contribution in [2.75, 3.05) is 0 Å². The van der Waals surface area contributed by atoms with Crippen LogP contribution in [0.5, 0.6) is 0 Å². The summed E-state index contributed by atoms with van der Waals surface area (Å²) in [5.74, 6) is -1.37. The van der Waals surface area contributed by atoms with E-state index in [2.05, 4.69) is 44.8 Å². The van der Waals surface area contributed by atoms with Crippen LogP contribution in [0.15, 0.2) is 82.9 Å². The number of nitrogens with one attached hydrogen (secondary N) is 1. The minimum absolute atomic E-state index is 0.0413. The molecule has 0 aliphatic carbocycles. The lowest BCUT2D eigenvalue weighted by Crippen LogP contribution is -2.19. The molecule has 1 amide bonds. The Balaban J connectivity index is 2.46. The second-order valence-electron chi connectivity index (χ2n) is 9.38. The topological polar surface area (TPSA) is 107 Å². The summed E-state index contributed by atoms with van der Waals surface area (Å²) in [7, 11) is 0. The van der Waals surface area contributed by atoms with E-state index >= 15 is 0 Å². The fourth-order valence-electron chi connectivity index (χ4n) is 3.94. The Labute approximate surface area is 216 Å².